The molecule has 0 aliphatic heterocycles. The number of pyridine rings is 2. The summed E-state index contributed by atoms with van der Waals surface area (Å²) in [6.45, 7) is 2.75. The summed E-state index contributed by atoms with van der Waals surface area (Å²) in [6, 6.07) is 5.58. The zero-order valence-corrected chi connectivity index (χ0v) is 10.7. The van der Waals surface area contributed by atoms with Gasteiger partial charge in [-0.15, -0.1) is 0 Å². The molecule has 0 saturated heterocycles. The van der Waals surface area contributed by atoms with E-state index in [1.807, 2.05) is 12.1 Å². The smallest absolute Gasteiger partial charge is 0.339 e. The number of anilines is 1. The van der Waals surface area contributed by atoms with E-state index in [0.717, 1.165) is 11.3 Å². The molecule has 0 aromatic carbocycles. The fourth-order valence-corrected chi connectivity index (χ4v) is 1.57. The third kappa shape index (κ3) is 3.77. The van der Waals surface area contributed by atoms with E-state index in [-0.39, 0.29) is 5.97 Å². The van der Waals surface area contributed by atoms with E-state index in [2.05, 4.69) is 15.3 Å². The lowest BCUT2D eigenvalue weighted by Crippen LogP contribution is -2.07. The molecule has 0 amide bonds. The zero-order valence-electron chi connectivity index (χ0n) is 10.7. The van der Waals surface area contributed by atoms with Crippen molar-refractivity contribution in [1.29, 1.82) is 0 Å². The van der Waals surface area contributed by atoms with Crippen LogP contribution in [0.3, 0.4) is 0 Å². The maximum atomic E-state index is 11.6. The molecule has 2 heterocycles. The van der Waals surface area contributed by atoms with Crippen molar-refractivity contribution in [3.63, 3.8) is 0 Å². The van der Waals surface area contributed by atoms with E-state index in [9.17, 15) is 4.79 Å². The summed E-state index contributed by atoms with van der Waals surface area (Å²) in [5.74, 6) is -0.361. The van der Waals surface area contributed by atoms with Crippen LogP contribution in [0, 0.1) is 0 Å². The lowest BCUT2D eigenvalue weighted by atomic mass is 10.2. The summed E-state index contributed by atoms with van der Waals surface area (Å²) in [6.07, 6.45) is 6.67. The molecule has 0 spiro atoms. The summed E-state index contributed by atoms with van der Waals surface area (Å²) >= 11 is 0. The van der Waals surface area contributed by atoms with Crippen molar-refractivity contribution in [2.45, 2.75) is 13.5 Å². The molecule has 0 atom stereocenters. The maximum Gasteiger partial charge on any atom is 0.339 e. The fourth-order valence-electron chi connectivity index (χ4n) is 1.57. The average molecular weight is 257 g/mol. The maximum absolute atomic E-state index is 11.6. The van der Waals surface area contributed by atoms with Crippen LogP contribution < -0.4 is 5.32 Å². The summed E-state index contributed by atoms with van der Waals surface area (Å²) in [5.41, 5.74) is 2.27. The van der Waals surface area contributed by atoms with Crippen LogP contribution in [0.4, 0.5) is 5.69 Å². The van der Waals surface area contributed by atoms with Gasteiger partial charge in [-0.05, 0) is 24.6 Å². The summed E-state index contributed by atoms with van der Waals surface area (Å²) in [4.78, 5) is 19.6. The van der Waals surface area contributed by atoms with E-state index in [1.165, 1.54) is 6.20 Å². The minimum Gasteiger partial charge on any atom is -0.462 e. The SMILES string of the molecule is CCOC(=O)c1cncc(NCc2cccnc2)c1. The first-order valence-electron chi connectivity index (χ1n) is 6.04. The van der Waals surface area contributed by atoms with E-state index >= 15 is 0 Å². The molecule has 0 aliphatic carbocycles. The number of esters is 1. The lowest BCUT2D eigenvalue weighted by molar-refractivity contribution is 0.0526. The number of aromatic nitrogens is 2. The first kappa shape index (κ1) is 13.0. The number of carbonyl (C=O) groups excluding carboxylic acids is 1. The van der Waals surface area contributed by atoms with Crippen molar-refractivity contribution in [2.24, 2.45) is 0 Å². The van der Waals surface area contributed by atoms with Crippen LogP contribution in [0.15, 0.2) is 43.0 Å². The van der Waals surface area contributed by atoms with Gasteiger partial charge in [0.1, 0.15) is 0 Å². The Hall–Kier alpha value is -2.43. The summed E-state index contributed by atoms with van der Waals surface area (Å²) in [7, 11) is 0. The molecule has 2 aromatic rings. The highest BCUT2D eigenvalue weighted by atomic mass is 16.5. The highest BCUT2D eigenvalue weighted by Crippen LogP contribution is 2.11. The third-order valence-corrected chi connectivity index (χ3v) is 2.47. The van der Waals surface area contributed by atoms with E-state index in [4.69, 9.17) is 4.74 Å². The van der Waals surface area contributed by atoms with Gasteiger partial charge in [0.2, 0.25) is 0 Å². The van der Waals surface area contributed by atoms with Crippen LogP contribution >= 0.6 is 0 Å². The number of ether oxygens (including phenoxy) is 1. The van der Waals surface area contributed by atoms with Crippen molar-refractivity contribution in [3.05, 3.63) is 54.1 Å². The number of nitrogens with one attached hydrogen (secondary N) is 1. The largest absolute Gasteiger partial charge is 0.462 e. The number of hydrogen-bond acceptors (Lipinski definition) is 5. The van der Waals surface area contributed by atoms with Crippen LogP contribution in [-0.2, 0) is 11.3 Å². The van der Waals surface area contributed by atoms with Gasteiger partial charge in [-0.2, -0.15) is 0 Å². The zero-order chi connectivity index (χ0) is 13.5. The number of rotatable bonds is 5. The minimum absolute atomic E-state index is 0.353. The first-order chi connectivity index (χ1) is 9.29. The van der Waals surface area contributed by atoms with Crippen LogP contribution in [0.25, 0.3) is 0 Å². The van der Waals surface area contributed by atoms with Crippen LogP contribution in [0.5, 0.6) is 0 Å². The molecule has 19 heavy (non-hydrogen) atoms. The van der Waals surface area contributed by atoms with Crippen molar-refractivity contribution >= 4 is 11.7 Å². The van der Waals surface area contributed by atoms with Gasteiger partial charge in [-0.1, -0.05) is 6.07 Å². The Bertz CT molecular complexity index is 543. The van der Waals surface area contributed by atoms with E-state index in [0.29, 0.717) is 18.7 Å². The van der Waals surface area contributed by atoms with Gasteiger partial charge in [0.05, 0.1) is 17.9 Å². The number of hydrogen-bond donors (Lipinski definition) is 1. The molecule has 5 heteroatoms. The molecule has 0 radical (unpaired) electrons. The summed E-state index contributed by atoms with van der Waals surface area (Å²) in [5, 5.41) is 3.19. The van der Waals surface area contributed by atoms with Gasteiger partial charge >= 0.3 is 5.97 Å². The molecule has 0 unspecified atom stereocenters. The molecule has 5 nitrogen and oxygen atoms in total. The molecular weight excluding hydrogens is 242 g/mol. The van der Waals surface area contributed by atoms with Gasteiger partial charge < -0.3 is 10.1 Å². The molecule has 0 fully saturated rings. The minimum atomic E-state index is -0.361. The summed E-state index contributed by atoms with van der Waals surface area (Å²) < 4.78 is 4.93. The topological polar surface area (TPSA) is 64.1 Å². The Morgan fingerprint density at radius 2 is 2.21 bits per heavy atom. The predicted octanol–water partition coefficient (Wildman–Crippen LogP) is 2.27. The monoisotopic (exact) mass is 257 g/mol. The van der Waals surface area contributed by atoms with Gasteiger partial charge in [0.25, 0.3) is 0 Å². The Labute approximate surface area is 111 Å². The van der Waals surface area contributed by atoms with Gasteiger partial charge in [0, 0.05) is 31.3 Å². The Morgan fingerprint density at radius 3 is 2.95 bits per heavy atom. The molecule has 0 aliphatic rings. The van der Waals surface area contributed by atoms with E-state index in [1.54, 1.807) is 31.6 Å². The second kappa shape index (κ2) is 6.49. The molecule has 0 saturated carbocycles. The molecule has 2 aromatic heterocycles. The second-order valence-electron chi connectivity index (χ2n) is 3.90. The van der Waals surface area contributed by atoms with Crippen molar-refractivity contribution in [3.8, 4) is 0 Å². The Morgan fingerprint density at radius 1 is 1.32 bits per heavy atom. The van der Waals surface area contributed by atoms with Gasteiger partial charge in [0.15, 0.2) is 0 Å². The number of nitrogens with zero attached hydrogens (tertiary/aromatic N) is 2. The van der Waals surface area contributed by atoms with Crippen molar-refractivity contribution in [2.75, 3.05) is 11.9 Å². The highest BCUT2D eigenvalue weighted by molar-refractivity contribution is 5.90. The fraction of sp³-hybridized carbons (Fsp3) is 0.214. The molecule has 1 N–H and O–H groups in total. The highest BCUT2D eigenvalue weighted by Gasteiger charge is 2.07. The van der Waals surface area contributed by atoms with Crippen LogP contribution in [-0.4, -0.2) is 22.5 Å². The molecule has 2 rings (SSSR count). The molecule has 0 bridgehead atoms. The molecular formula is C14H15N3O2. The Kier molecular flexibility index (Phi) is 4.44. The third-order valence-electron chi connectivity index (χ3n) is 2.47. The van der Waals surface area contributed by atoms with Crippen molar-refractivity contribution in [1.82, 2.24) is 9.97 Å². The van der Waals surface area contributed by atoms with Gasteiger partial charge in [-0.25, -0.2) is 4.79 Å². The molecule has 98 valence electrons. The van der Waals surface area contributed by atoms with Crippen molar-refractivity contribution < 1.29 is 9.53 Å². The standard InChI is InChI=1S/C14H15N3O2/c1-2-19-14(18)12-6-13(10-16-9-12)17-8-11-4-3-5-15-7-11/h3-7,9-10,17H,2,8H2,1H3. The predicted molar refractivity (Wildman–Crippen MR) is 71.8 cm³/mol. The second-order valence-corrected chi connectivity index (χ2v) is 3.90. The van der Waals surface area contributed by atoms with E-state index < -0.39 is 0 Å². The van der Waals surface area contributed by atoms with Crippen LogP contribution in [0.2, 0.25) is 0 Å². The normalized spacial score (nSPS) is 9.95. The van der Waals surface area contributed by atoms with Crippen LogP contribution in [0.1, 0.15) is 22.8 Å². The quantitative estimate of drug-likeness (QED) is 0.832. The first-order valence-corrected chi connectivity index (χ1v) is 6.04. The van der Waals surface area contributed by atoms with Gasteiger partial charge in [-0.3, -0.25) is 9.97 Å². The lowest BCUT2D eigenvalue weighted by Gasteiger charge is -2.07. The number of carbonyl (C=O) groups is 1. The Balaban J connectivity index is 2.01. The average Bonchev–Trinajstić information content (AvgIpc) is 2.47.